The van der Waals surface area contributed by atoms with Crippen molar-refractivity contribution < 1.29 is 14.7 Å². The van der Waals surface area contributed by atoms with Crippen LogP contribution in [-0.4, -0.2) is 23.5 Å². The number of benzene rings is 1. The molecule has 0 aliphatic carbocycles. The Morgan fingerprint density at radius 3 is 2.76 bits per heavy atom. The van der Waals surface area contributed by atoms with Gasteiger partial charge in [-0.25, -0.2) is 0 Å². The summed E-state index contributed by atoms with van der Waals surface area (Å²) in [6, 6.07) is 6.75. The molecule has 0 unspecified atom stereocenters. The summed E-state index contributed by atoms with van der Waals surface area (Å²) in [6.45, 7) is 1.96. The van der Waals surface area contributed by atoms with Gasteiger partial charge in [-0.05, 0) is 24.6 Å². The molecule has 0 bridgehead atoms. The quantitative estimate of drug-likeness (QED) is 0.424. The summed E-state index contributed by atoms with van der Waals surface area (Å²) in [6.07, 6.45) is 1.08. The number of rotatable bonds is 6. The Hall–Kier alpha value is -2.52. The van der Waals surface area contributed by atoms with Gasteiger partial charge >= 0.3 is 5.97 Å². The van der Waals surface area contributed by atoms with E-state index in [0.717, 1.165) is 5.56 Å². The lowest BCUT2D eigenvalue weighted by atomic mass is 10.2. The van der Waals surface area contributed by atoms with E-state index in [1.165, 1.54) is 6.20 Å². The molecule has 1 aromatic rings. The van der Waals surface area contributed by atoms with E-state index in [0.29, 0.717) is 10.7 Å². The number of hydrogen-bond acceptors (Lipinski definition) is 4. The fourth-order valence-electron chi connectivity index (χ4n) is 1.37. The van der Waals surface area contributed by atoms with E-state index in [9.17, 15) is 9.59 Å². The minimum Gasteiger partial charge on any atom is -0.481 e. The number of nitrogens with one attached hydrogen (secondary N) is 2. The number of halogens is 1. The van der Waals surface area contributed by atoms with Crippen LogP contribution in [0.2, 0.25) is 5.02 Å². The molecule has 3 N–H and O–H groups in total. The van der Waals surface area contributed by atoms with Crippen LogP contribution in [0.25, 0.3) is 0 Å². The number of carbonyl (C=O) groups excluding carboxylic acids is 1. The van der Waals surface area contributed by atoms with Crippen molar-refractivity contribution in [1.29, 1.82) is 5.26 Å². The Kier molecular flexibility index (Phi) is 6.24. The van der Waals surface area contributed by atoms with Crippen LogP contribution in [0.1, 0.15) is 12.0 Å². The van der Waals surface area contributed by atoms with Crippen molar-refractivity contribution in [3.63, 3.8) is 0 Å². The predicted molar refractivity (Wildman–Crippen MR) is 78.8 cm³/mol. The van der Waals surface area contributed by atoms with Gasteiger partial charge in [-0.2, -0.15) is 5.26 Å². The Morgan fingerprint density at radius 1 is 1.48 bits per heavy atom. The lowest BCUT2D eigenvalue weighted by Crippen LogP contribution is -2.18. The van der Waals surface area contributed by atoms with Crippen molar-refractivity contribution in [2.75, 3.05) is 11.9 Å². The van der Waals surface area contributed by atoms with E-state index in [-0.39, 0.29) is 18.5 Å². The summed E-state index contributed by atoms with van der Waals surface area (Å²) >= 11 is 5.94. The number of aliphatic carboxylic acids is 1. The number of carboxylic acids is 1. The number of hydrogen-bond donors (Lipinski definition) is 3. The molecule has 0 spiro atoms. The average Bonchev–Trinajstić information content (AvgIpc) is 2.42. The fourth-order valence-corrected chi connectivity index (χ4v) is 1.55. The fraction of sp³-hybridized carbons (Fsp3) is 0.214. The van der Waals surface area contributed by atoms with Crippen LogP contribution in [0.4, 0.5) is 5.69 Å². The van der Waals surface area contributed by atoms with Crippen LogP contribution in [0.5, 0.6) is 0 Å². The van der Waals surface area contributed by atoms with Crippen LogP contribution < -0.4 is 10.6 Å². The van der Waals surface area contributed by atoms with Crippen molar-refractivity contribution >= 4 is 29.2 Å². The molecule has 1 aromatic carbocycles. The molecule has 1 amide bonds. The van der Waals surface area contributed by atoms with E-state index in [4.69, 9.17) is 22.0 Å². The first-order valence-electron chi connectivity index (χ1n) is 6.07. The number of carboxylic acid groups (broad SMARTS) is 1. The minimum absolute atomic E-state index is 0.107. The first-order chi connectivity index (χ1) is 9.93. The Morgan fingerprint density at radius 2 is 2.19 bits per heavy atom. The van der Waals surface area contributed by atoms with Gasteiger partial charge in [-0.15, -0.1) is 0 Å². The summed E-state index contributed by atoms with van der Waals surface area (Å²) in [7, 11) is 0. The summed E-state index contributed by atoms with van der Waals surface area (Å²) < 4.78 is 0. The third kappa shape index (κ3) is 5.55. The number of aryl methyl sites for hydroxylation is 1. The van der Waals surface area contributed by atoms with Crippen LogP contribution in [0.3, 0.4) is 0 Å². The van der Waals surface area contributed by atoms with Crippen molar-refractivity contribution in [3.05, 3.63) is 40.6 Å². The van der Waals surface area contributed by atoms with Crippen molar-refractivity contribution in [3.8, 4) is 6.07 Å². The summed E-state index contributed by atoms with van der Waals surface area (Å²) in [4.78, 5) is 22.2. The third-order valence-electron chi connectivity index (χ3n) is 2.52. The van der Waals surface area contributed by atoms with Crippen LogP contribution in [0, 0.1) is 18.3 Å². The summed E-state index contributed by atoms with van der Waals surface area (Å²) in [5.41, 5.74) is 1.19. The van der Waals surface area contributed by atoms with E-state index >= 15 is 0 Å². The number of amides is 1. The Balaban J connectivity index is 2.66. The third-order valence-corrected chi connectivity index (χ3v) is 2.93. The molecule has 0 fully saturated rings. The molecule has 0 saturated heterocycles. The molecule has 110 valence electrons. The molecular formula is C14H14ClN3O3. The van der Waals surface area contributed by atoms with Gasteiger partial charge in [0.15, 0.2) is 0 Å². The van der Waals surface area contributed by atoms with Gasteiger partial charge in [0.05, 0.1) is 6.42 Å². The van der Waals surface area contributed by atoms with Gasteiger partial charge in [-0.3, -0.25) is 9.59 Å². The molecule has 0 radical (unpaired) electrons. The largest absolute Gasteiger partial charge is 0.481 e. The highest BCUT2D eigenvalue weighted by Crippen LogP contribution is 2.20. The topological polar surface area (TPSA) is 102 Å². The molecule has 0 aliphatic heterocycles. The lowest BCUT2D eigenvalue weighted by Gasteiger charge is -2.06. The smallest absolute Gasteiger partial charge is 0.305 e. The molecule has 0 saturated carbocycles. The second-order valence-corrected chi connectivity index (χ2v) is 4.59. The molecular weight excluding hydrogens is 294 g/mol. The Labute approximate surface area is 127 Å². The maximum atomic E-state index is 11.9. The monoisotopic (exact) mass is 307 g/mol. The molecule has 21 heavy (non-hydrogen) atoms. The first-order valence-corrected chi connectivity index (χ1v) is 6.44. The van der Waals surface area contributed by atoms with Crippen molar-refractivity contribution in [2.24, 2.45) is 0 Å². The van der Waals surface area contributed by atoms with Gasteiger partial charge in [0.2, 0.25) is 0 Å². The highest BCUT2D eigenvalue weighted by atomic mass is 35.5. The zero-order valence-electron chi connectivity index (χ0n) is 11.3. The molecule has 0 aliphatic rings. The van der Waals surface area contributed by atoms with Crippen LogP contribution in [-0.2, 0) is 9.59 Å². The predicted octanol–water partition coefficient (Wildman–Crippen LogP) is 2.06. The first kappa shape index (κ1) is 16.5. The van der Waals surface area contributed by atoms with Crippen LogP contribution >= 0.6 is 11.6 Å². The van der Waals surface area contributed by atoms with Crippen LogP contribution in [0.15, 0.2) is 30.0 Å². The van der Waals surface area contributed by atoms with E-state index in [1.54, 1.807) is 24.3 Å². The molecule has 6 nitrogen and oxygen atoms in total. The molecule has 7 heteroatoms. The van der Waals surface area contributed by atoms with Gasteiger partial charge in [0, 0.05) is 23.5 Å². The van der Waals surface area contributed by atoms with Crippen molar-refractivity contribution in [2.45, 2.75) is 13.3 Å². The zero-order valence-corrected chi connectivity index (χ0v) is 12.1. The maximum absolute atomic E-state index is 11.9. The second-order valence-electron chi connectivity index (χ2n) is 4.19. The molecule has 1 rings (SSSR count). The number of nitrogens with zero attached hydrogens (tertiary/aromatic N) is 1. The highest BCUT2D eigenvalue weighted by molar-refractivity contribution is 6.31. The normalized spacial score (nSPS) is 10.6. The van der Waals surface area contributed by atoms with E-state index in [1.807, 2.05) is 6.92 Å². The number of carbonyl (C=O) groups is 2. The summed E-state index contributed by atoms with van der Waals surface area (Å²) in [5.74, 6) is -1.56. The minimum atomic E-state index is -0.965. The number of anilines is 1. The molecule has 0 aromatic heterocycles. The highest BCUT2D eigenvalue weighted by Gasteiger charge is 2.09. The standard InChI is InChI=1S/C14H14ClN3O3/c1-9-2-3-11(6-12(9)15)18-14(21)10(7-16)8-17-5-4-13(19)20/h2-3,6,8,17H,4-5H2,1H3,(H,18,21)(H,19,20)/b10-8-. The van der Waals surface area contributed by atoms with Gasteiger partial charge in [-0.1, -0.05) is 17.7 Å². The van der Waals surface area contributed by atoms with Gasteiger partial charge in [0.1, 0.15) is 11.6 Å². The van der Waals surface area contributed by atoms with Crippen molar-refractivity contribution in [1.82, 2.24) is 5.32 Å². The second kappa shape index (κ2) is 7.92. The Bertz CT molecular complexity index is 620. The molecule has 0 heterocycles. The SMILES string of the molecule is Cc1ccc(NC(=O)/C(C#N)=C\NCCC(=O)O)cc1Cl. The molecule has 0 atom stereocenters. The average molecular weight is 308 g/mol. The van der Waals surface area contributed by atoms with E-state index in [2.05, 4.69) is 10.6 Å². The summed E-state index contributed by atoms with van der Waals surface area (Å²) in [5, 5.41) is 23.0. The van der Waals surface area contributed by atoms with E-state index < -0.39 is 11.9 Å². The maximum Gasteiger partial charge on any atom is 0.305 e. The lowest BCUT2D eigenvalue weighted by molar-refractivity contribution is -0.136. The number of nitriles is 1. The van der Waals surface area contributed by atoms with Gasteiger partial charge in [0.25, 0.3) is 5.91 Å². The van der Waals surface area contributed by atoms with Gasteiger partial charge < -0.3 is 15.7 Å². The zero-order chi connectivity index (χ0) is 15.8.